The molecule has 0 spiro atoms. The van der Waals surface area contributed by atoms with Gasteiger partial charge in [0, 0.05) is 21.6 Å². The first-order chi connectivity index (χ1) is 9.24. The highest BCUT2D eigenvalue weighted by Gasteiger charge is 2.16. The zero-order valence-corrected chi connectivity index (χ0v) is 12.7. The van der Waals surface area contributed by atoms with Crippen molar-refractivity contribution in [3.8, 4) is 0 Å². The number of nitrogens with one attached hydrogen (secondary N) is 1. The van der Waals surface area contributed by atoms with Crippen LogP contribution < -0.4 is 11.1 Å². The lowest BCUT2D eigenvalue weighted by atomic mass is 10.1. The molecule has 1 aromatic heterocycles. The molecule has 0 aliphatic carbocycles. The van der Waals surface area contributed by atoms with Gasteiger partial charge in [0.1, 0.15) is 0 Å². The van der Waals surface area contributed by atoms with Gasteiger partial charge in [-0.1, -0.05) is 0 Å². The van der Waals surface area contributed by atoms with Gasteiger partial charge in [-0.2, -0.15) is 0 Å². The van der Waals surface area contributed by atoms with Gasteiger partial charge in [-0.3, -0.25) is 4.98 Å². The zero-order valence-electron chi connectivity index (χ0n) is 10.5. The number of hydrogen-bond acceptors (Lipinski definition) is 4. The Balaban J connectivity index is 2.00. The molecular weight excluding hydrogens is 353 g/mol. The van der Waals surface area contributed by atoms with Crippen LogP contribution >= 0.6 is 22.6 Å². The Morgan fingerprint density at radius 3 is 3.11 bits per heavy atom. The molecule has 1 unspecified atom stereocenters. The van der Waals surface area contributed by atoms with Crippen LogP contribution in [0.4, 0.5) is 11.4 Å². The molecule has 0 amide bonds. The van der Waals surface area contributed by atoms with Crippen molar-refractivity contribution in [1.82, 2.24) is 4.98 Å². The largest absolute Gasteiger partial charge is 0.396 e. The number of aromatic nitrogens is 1. The SMILES string of the molecule is Nc1cnc2ccc(I)cc2c1NC1CCCOC1. The number of nitrogen functional groups attached to an aromatic ring is 1. The topological polar surface area (TPSA) is 60.2 Å². The highest BCUT2D eigenvalue weighted by molar-refractivity contribution is 14.1. The third-order valence-electron chi connectivity index (χ3n) is 3.37. The summed E-state index contributed by atoms with van der Waals surface area (Å²) in [5.41, 5.74) is 8.73. The van der Waals surface area contributed by atoms with E-state index in [1.165, 1.54) is 3.57 Å². The van der Waals surface area contributed by atoms with E-state index in [0.717, 1.165) is 42.6 Å². The second-order valence-corrected chi connectivity index (χ2v) is 6.05. The van der Waals surface area contributed by atoms with Crippen LogP contribution in [0.1, 0.15) is 12.8 Å². The number of nitrogens with zero attached hydrogens (tertiary/aromatic N) is 1. The molecule has 2 aromatic rings. The fraction of sp³-hybridized carbons (Fsp3) is 0.357. The standard InChI is InChI=1S/C14H16IN3O/c15-9-3-4-13-11(6-9)14(12(16)7-17-13)18-10-2-1-5-19-8-10/h3-4,6-7,10H,1-2,5,8,16H2,(H,17,18). The first-order valence-electron chi connectivity index (χ1n) is 6.42. The van der Waals surface area contributed by atoms with E-state index in [4.69, 9.17) is 10.5 Å². The fourth-order valence-corrected chi connectivity index (χ4v) is 2.89. The van der Waals surface area contributed by atoms with Gasteiger partial charge in [0.25, 0.3) is 0 Å². The minimum atomic E-state index is 0.333. The summed E-state index contributed by atoms with van der Waals surface area (Å²) in [6.07, 6.45) is 3.94. The van der Waals surface area contributed by atoms with Crippen LogP contribution in [-0.4, -0.2) is 24.2 Å². The molecule has 1 saturated heterocycles. The number of hydrogen-bond donors (Lipinski definition) is 2. The van der Waals surface area contributed by atoms with Crippen molar-refractivity contribution in [1.29, 1.82) is 0 Å². The van der Waals surface area contributed by atoms with E-state index in [9.17, 15) is 0 Å². The summed E-state index contributed by atoms with van der Waals surface area (Å²) in [6, 6.07) is 6.53. The Hall–Kier alpha value is -1.08. The maximum Gasteiger partial charge on any atom is 0.0743 e. The Labute approximate surface area is 125 Å². The van der Waals surface area contributed by atoms with Gasteiger partial charge in [-0.05, 0) is 53.6 Å². The van der Waals surface area contributed by atoms with Gasteiger partial charge >= 0.3 is 0 Å². The highest BCUT2D eigenvalue weighted by Crippen LogP contribution is 2.30. The zero-order chi connectivity index (χ0) is 13.2. The van der Waals surface area contributed by atoms with E-state index >= 15 is 0 Å². The number of rotatable bonds is 2. The van der Waals surface area contributed by atoms with E-state index in [0.29, 0.717) is 11.7 Å². The maximum absolute atomic E-state index is 6.09. The number of ether oxygens (including phenoxy) is 1. The van der Waals surface area contributed by atoms with Gasteiger partial charge in [-0.25, -0.2) is 0 Å². The Morgan fingerprint density at radius 1 is 1.42 bits per heavy atom. The predicted molar refractivity (Wildman–Crippen MR) is 86.3 cm³/mol. The summed E-state index contributed by atoms with van der Waals surface area (Å²) in [4.78, 5) is 4.38. The van der Waals surface area contributed by atoms with Crippen molar-refractivity contribution in [3.63, 3.8) is 0 Å². The van der Waals surface area contributed by atoms with E-state index in [2.05, 4.69) is 45.0 Å². The molecule has 0 saturated carbocycles. The molecule has 4 nitrogen and oxygen atoms in total. The third-order valence-corrected chi connectivity index (χ3v) is 4.04. The molecule has 0 radical (unpaired) electrons. The summed E-state index contributed by atoms with van der Waals surface area (Å²) in [7, 11) is 0. The molecule has 1 atom stereocenters. The number of pyridine rings is 1. The lowest BCUT2D eigenvalue weighted by Crippen LogP contribution is -2.30. The van der Waals surface area contributed by atoms with Crippen molar-refractivity contribution in [3.05, 3.63) is 28.0 Å². The lowest BCUT2D eigenvalue weighted by molar-refractivity contribution is 0.0876. The van der Waals surface area contributed by atoms with E-state index in [1.807, 2.05) is 6.07 Å². The van der Waals surface area contributed by atoms with Gasteiger partial charge in [0.05, 0.1) is 29.7 Å². The highest BCUT2D eigenvalue weighted by atomic mass is 127. The van der Waals surface area contributed by atoms with Crippen molar-refractivity contribution in [2.45, 2.75) is 18.9 Å². The second kappa shape index (κ2) is 5.50. The molecular formula is C14H16IN3O. The van der Waals surface area contributed by atoms with Crippen LogP contribution in [0.15, 0.2) is 24.4 Å². The van der Waals surface area contributed by atoms with E-state index in [-0.39, 0.29) is 0 Å². The fourth-order valence-electron chi connectivity index (χ4n) is 2.40. The summed E-state index contributed by atoms with van der Waals surface area (Å²) in [5, 5.41) is 4.61. The van der Waals surface area contributed by atoms with Gasteiger partial charge in [0.2, 0.25) is 0 Å². The first-order valence-corrected chi connectivity index (χ1v) is 7.50. The van der Waals surface area contributed by atoms with Crippen LogP contribution in [0.5, 0.6) is 0 Å². The Bertz CT molecular complexity index is 591. The van der Waals surface area contributed by atoms with Crippen LogP contribution in [0.3, 0.4) is 0 Å². The first kappa shape index (κ1) is 12.9. The number of nitrogens with two attached hydrogens (primary N) is 1. The second-order valence-electron chi connectivity index (χ2n) is 4.81. The van der Waals surface area contributed by atoms with Crippen LogP contribution in [0.2, 0.25) is 0 Å². The normalized spacial score (nSPS) is 19.5. The number of benzene rings is 1. The van der Waals surface area contributed by atoms with Crippen molar-refractivity contribution in [2.24, 2.45) is 0 Å². The molecule has 1 aliphatic heterocycles. The molecule has 19 heavy (non-hydrogen) atoms. The van der Waals surface area contributed by atoms with Crippen LogP contribution in [0.25, 0.3) is 10.9 Å². The van der Waals surface area contributed by atoms with E-state index < -0.39 is 0 Å². The minimum absolute atomic E-state index is 0.333. The summed E-state index contributed by atoms with van der Waals surface area (Å²) in [5.74, 6) is 0. The van der Waals surface area contributed by atoms with Crippen molar-refractivity contribution < 1.29 is 4.74 Å². The quantitative estimate of drug-likeness (QED) is 0.799. The summed E-state index contributed by atoms with van der Waals surface area (Å²) >= 11 is 2.31. The van der Waals surface area contributed by atoms with Gasteiger partial charge in [0.15, 0.2) is 0 Å². The minimum Gasteiger partial charge on any atom is -0.396 e. The molecule has 0 bridgehead atoms. The average molecular weight is 369 g/mol. The molecule has 3 N–H and O–H groups in total. The van der Waals surface area contributed by atoms with Crippen LogP contribution in [0, 0.1) is 3.57 Å². The maximum atomic E-state index is 6.09. The Morgan fingerprint density at radius 2 is 2.32 bits per heavy atom. The number of halogens is 1. The average Bonchev–Trinajstić information content (AvgIpc) is 2.43. The monoisotopic (exact) mass is 369 g/mol. The van der Waals surface area contributed by atoms with Gasteiger partial charge in [-0.15, -0.1) is 0 Å². The number of fused-ring (bicyclic) bond motifs is 1. The van der Waals surface area contributed by atoms with E-state index in [1.54, 1.807) is 6.20 Å². The van der Waals surface area contributed by atoms with Crippen molar-refractivity contribution in [2.75, 3.05) is 24.3 Å². The molecule has 1 fully saturated rings. The molecule has 5 heteroatoms. The molecule has 2 heterocycles. The molecule has 3 rings (SSSR count). The molecule has 1 aromatic carbocycles. The van der Waals surface area contributed by atoms with Crippen molar-refractivity contribution >= 4 is 44.9 Å². The van der Waals surface area contributed by atoms with Crippen LogP contribution in [-0.2, 0) is 4.74 Å². The third kappa shape index (κ3) is 2.76. The molecule has 100 valence electrons. The lowest BCUT2D eigenvalue weighted by Gasteiger charge is -2.25. The summed E-state index contributed by atoms with van der Waals surface area (Å²) in [6.45, 7) is 1.61. The van der Waals surface area contributed by atoms with Gasteiger partial charge < -0.3 is 15.8 Å². The Kier molecular flexibility index (Phi) is 3.74. The predicted octanol–water partition coefficient (Wildman–Crippen LogP) is 3.01. The smallest absolute Gasteiger partial charge is 0.0743 e. The molecule has 1 aliphatic rings. The number of anilines is 2. The summed E-state index contributed by atoms with van der Waals surface area (Å²) < 4.78 is 6.69.